The van der Waals surface area contributed by atoms with Gasteiger partial charge in [-0.3, -0.25) is 4.79 Å². The van der Waals surface area contributed by atoms with Crippen molar-refractivity contribution in [3.8, 4) is 0 Å². The molecule has 0 spiro atoms. The summed E-state index contributed by atoms with van der Waals surface area (Å²) >= 11 is 5.93. The monoisotopic (exact) mass is 252 g/mol. The standard InChI is InChI=1S/C14H14ClFO/c1-9-2-3-10(7-13(9)16)6-11-8-12(15)4-5-14(11)17/h2-3,7-8,11H,4-6H2,1H3. The Labute approximate surface area is 105 Å². The molecule has 0 heterocycles. The predicted octanol–water partition coefficient (Wildman–Crippen LogP) is 3.78. The molecule has 1 aromatic rings. The summed E-state index contributed by atoms with van der Waals surface area (Å²) < 4.78 is 13.4. The highest BCUT2D eigenvalue weighted by Crippen LogP contribution is 2.25. The molecular weight excluding hydrogens is 239 g/mol. The second kappa shape index (κ2) is 5.01. The van der Waals surface area contributed by atoms with Gasteiger partial charge in [0.1, 0.15) is 11.6 Å². The third-order valence-electron chi connectivity index (χ3n) is 3.10. The molecule has 1 aromatic carbocycles. The van der Waals surface area contributed by atoms with Crippen LogP contribution in [0.2, 0.25) is 0 Å². The number of hydrogen-bond donors (Lipinski definition) is 0. The molecule has 0 saturated carbocycles. The van der Waals surface area contributed by atoms with Gasteiger partial charge in [0, 0.05) is 17.4 Å². The van der Waals surface area contributed by atoms with Crippen LogP contribution in [0.15, 0.2) is 29.3 Å². The number of carbonyl (C=O) groups excluding carboxylic acids is 1. The second-order valence-electron chi connectivity index (χ2n) is 4.47. The van der Waals surface area contributed by atoms with E-state index in [1.165, 1.54) is 6.07 Å². The largest absolute Gasteiger partial charge is 0.299 e. The molecule has 1 aliphatic rings. The fraction of sp³-hybridized carbons (Fsp3) is 0.357. The van der Waals surface area contributed by atoms with Gasteiger partial charge in [-0.2, -0.15) is 0 Å². The zero-order chi connectivity index (χ0) is 12.4. The lowest BCUT2D eigenvalue weighted by Gasteiger charge is -2.17. The second-order valence-corrected chi connectivity index (χ2v) is 4.96. The van der Waals surface area contributed by atoms with Crippen LogP contribution < -0.4 is 0 Å². The van der Waals surface area contributed by atoms with Gasteiger partial charge in [0.2, 0.25) is 0 Å². The molecule has 1 nitrogen and oxygen atoms in total. The fourth-order valence-electron chi connectivity index (χ4n) is 2.01. The molecule has 1 aliphatic carbocycles. The first-order valence-electron chi connectivity index (χ1n) is 5.70. The van der Waals surface area contributed by atoms with E-state index >= 15 is 0 Å². The number of benzene rings is 1. The van der Waals surface area contributed by atoms with Crippen LogP contribution in [-0.2, 0) is 11.2 Å². The van der Waals surface area contributed by atoms with Crippen LogP contribution in [0.5, 0.6) is 0 Å². The average Bonchev–Trinajstić information content (AvgIpc) is 2.29. The Hall–Kier alpha value is -1.15. The van der Waals surface area contributed by atoms with Gasteiger partial charge in [0.25, 0.3) is 0 Å². The van der Waals surface area contributed by atoms with Crippen LogP contribution in [0, 0.1) is 18.7 Å². The molecule has 3 heteroatoms. The molecule has 0 aliphatic heterocycles. The van der Waals surface area contributed by atoms with Crippen molar-refractivity contribution in [2.24, 2.45) is 5.92 Å². The molecule has 17 heavy (non-hydrogen) atoms. The van der Waals surface area contributed by atoms with E-state index in [-0.39, 0.29) is 17.5 Å². The van der Waals surface area contributed by atoms with Gasteiger partial charge >= 0.3 is 0 Å². The van der Waals surface area contributed by atoms with Crippen LogP contribution in [-0.4, -0.2) is 5.78 Å². The van der Waals surface area contributed by atoms with Gasteiger partial charge in [-0.1, -0.05) is 29.8 Å². The lowest BCUT2D eigenvalue weighted by molar-refractivity contribution is -0.121. The summed E-state index contributed by atoms with van der Waals surface area (Å²) in [5.41, 5.74) is 1.46. The average molecular weight is 253 g/mol. The van der Waals surface area contributed by atoms with E-state index in [1.54, 1.807) is 19.1 Å². The quantitative estimate of drug-likeness (QED) is 0.783. The minimum atomic E-state index is -0.221. The fourth-order valence-corrected chi connectivity index (χ4v) is 2.26. The highest BCUT2D eigenvalue weighted by molar-refractivity contribution is 6.30. The number of rotatable bonds is 2. The Bertz CT molecular complexity index is 479. The van der Waals surface area contributed by atoms with Crippen molar-refractivity contribution in [2.45, 2.75) is 26.2 Å². The number of Topliss-reactive ketones (excluding diaryl/α,β-unsaturated/α-hetero) is 1. The van der Waals surface area contributed by atoms with Gasteiger partial charge in [-0.25, -0.2) is 4.39 Å². The highest BCUT2D eigenvalue weighted by atomic mass is 35.5. The van der Waals surface area contributed by atoms with Crippen molar-refractivity contribution in [1.29, 1.82) is 0 Å². The van der Waals surface area contributed by atoms with Crippen molar-refractivity contribution in [3.05, 3.63) is 46.3 Å². The van der Waals surface area contributed by atoms with Gasteiger partial charge in [0.15, 0.2) is 0 Å². The summed E-state index contributed by atoms with van der Waals surface area (Å²) in [6.07, 6.45) is 3.46. The smallest absolute Gasteiger partial charge is 0.140 e. The van der Waals surface area contributed by atoms with Gasteiger partial charge in [-0.15, -0.1) is 0 Å². The summed E-state index contributed by atoms with van der Waals surface area (Å²) in [5.74, 6) is -0.227. The Morgan fingerprint density at radius 2 is 2.18 bits per heavy atom. The molecule has 0 saturated heterocycles. The molecular formula is C14H14ClFO. The Kier molecular flexibility index (Phi) is 3.63. The molecule has 1 unspecified atom stereocenters. The third kappa shape index (κ3) is 2.95. The summed E-state index contributed by atoms with van der Waals surface area (Å²) in [4.78, 5) is 11.7. The molecule has 90 valence electrons. The number of halogens is 2. The molecule has 0 amide bonds. The van der Waals surface area contributed by atoms with E-state index in [2.05, 4.69) is 0 Å². The SMILES string of the molecule is Cc1ccc(CC2C=C(Cl)CCC2=O)cc1F. The lowest BCUT2D eigenvalue weighted by Crippen LogP contribution is -2.18. The summed E-state index contributed by atoms with van der Waals surface area (Å²) in [6, 6.07) is 5.10. The lowest BCUT2D eigenvalue weighted by atomic mass is 9.88. The molecule has 2 rings (SSSR count). The Morgan fingerprint density at radius 3 is 2.88 bits per heavy atom. The van der Waals surface area contributed by atoms with E-state index in [9.17, 15) is 9.18 Å². The van der Waals surface area contributed by atoms with E-state index in [1.807, 2.05) is 6.07 Å². The van der Waals surface area contributed by atoms with Crippen molar-refractivity contribution in [1.82, 2.24) is 0 Å². The van der Waals surface area contributed by atoms with E-state index in [0.717, 1.165) is 10.6 Å². The molecule has 0 aromatic heterocycles. The van der Waals surface area contributed by atoms with Crippen molar-refractivity contribution >= 4 is 17.4 Å². The molecule has 0 N–H and O–H groups in total. The first-order chi connectivity index (χ1) is 8.06. The maximum Gasteiger partial charge on any atom is 0.140 e. The summed E-state index contributed by atoms with van der Waals surface area (Å²) in [5, 5.41) is 0.738. The third-order valence-corrected chi connectivity index (χ3v) is 3.41. The van der Waals surface area contributed by atoms with Crippen LogP contribution >= 0.6 is 11.6 Å². The number of ketones is 1. The summed E-state index contributed by atoms with van der Waals surface area (Å²) in [7, 11) is 0. The highest BCUT2D eigenvalue weighted by Gasteiger charge is 2.21. The van der Waals surface area contributed by atoms with Crippen LogP contribution in [0.1, 0.15) is 24.0 Å². The van der Waals surface area contributed by atoms with Crippen molar-refractivity contribution < 1.29 is 9.18 Å². The zero-order valence-corrected chi connectivity index (χ0v) is 10.4. The van der Waals surface area contributed by atoms with Gasteiger partial charge in [-0.05, 0) is 37.0 Å². The number of allylic oxidation sites excluding steroid dienone is 2. The normalized spacial score (nSPS) is 20.3. The maximum absolute atomic E-state index is 13.4. The first-order valence-corrected chi connectivity index (χ1v) is 6.08. The van der Waals surface area contributed by atoms with Crippen LogP contribution in [0.3, 0.4) is 0 Å². The van der Waals surface area contributed by atoms with Crippen molar-refractivity contribution in [3.63, 3.8) is 0 Å². The predicted molar refractivity (Wildman–Crippen MR) is 66.5 cm³/mol. The van der Waals surface area contributed by atoms with Gasteiger partial charge in [0.05, 0.1) is 0 Å². The van der Waals surface area contributed by atoms with Crippen LogP contribution in [0.25, 0.3) is 0 Å². The molecule has 1 atom stereocenters. The number of aryl methyl sites for hydroxylation is 1. The minimum Gasteiger partial charge on any atom is -0.299 e. The summed E-state index contributed by atoms with van der Waals surface area (Å²) in [6.45, 7) is 1.72. The van der Waals surface area contributed by atoms with Crippen LogP contribution in [0.4, 0.5) is 4.39 Å². The van der Waals surface area contributed by atoms with E-state index in [0.29, 0.717) is 24.8 Å². The maximum atomic E-state index is 13.4. The zero-order valence-electron chi connectivity index (χ0n) is 9.67. The topological polar surface area (TPSA) is 17.1 Å². The van der Waals surface area contributed by atoms with Crippen molar-refractivity contribution in [2.75, 3.05) is 0 Å². The number of carbonyl (C=O) groups is 1. The Balaban J connectivity index is 2.17. The molecule has 0 bridgehead atoms. The Morgan fingerprint density at radius 1 is 1.41 bits per heavy atom. The van der Waals surface area contributed by atoms with Gasteiger partial charge < -0.3 is 0 Å². The minimum absolute atomic E-state index is 0.190. The first kappa shape index (κ1) is 12.3. The number of hydrogen-bond acceptors (Lipinski definition) is 1. The molecule has 0 radical (unpaired) electrons. The molecule has 0 fully saturated rings. The van der Waals surface area contributed by atoms with E-state index < -0.39 is 0 Å². The van der Waals surface area contributed by atoms with E-state index in [4.69, 9.17) is 11.6 Å².